The Labute approximate surface area is 227 Å². The second-order valence-corrected chi connectivity index (χ2v) is 9.57. The molecule has 1 aromatic carbocycles. The lowest BCUT2D eigenvalue weighted by atomic mass is 10.1. The molecule has 0 saturated carbocycles. The third-order valence-corrected chi connectivity index (χ3v) is 5.99. The number of anilines is 1. The number of nitrogen functional groups attached to an aromatic ring is 1. The summed E-state index contributed by atoms with van der Waals surface area (Å²) in [4.78, 5) is 15.5. The summed E-state index contributed by atoms with van der Waals surface area (Å²) in [6.07, 6.45) is -2.25. The zero-order chi connectivity index (χ0) is 29.5. The van der Waals surface area contributed by atoms with Gasteiger partial charge in [-0.2, -0.15) is 13.2 Å². The number of aromatic carboxylic acids is 1. The number of aromatic nitrogens is 1. The van der Waals surface area contributed by atoms with E-state index in [0.717, 1.165) is 31.0 Å². The topological polar surface area (TPSA) is 118 Å². The molecule has 0 spiro atoms. The van der Waals surface area contributed by atoms with Crippen LogP contribution in [-0.2, 0) is 0 Å². The molecule has 1 heterocycles. The average molecular weight is 586 g/mol. The number of carboxylic acid groups (broad SMARTS) is 1. The molecule has 14 heteroatoms. The standard InChI is InChI=1S/C13H9F3N2O3S.C12H24F3NO/c14-13(15,16)21-7-2-1-3-8(4-7)22-9-5-10(17)11(12(19)20)18-6-9;1-2-3-4-5-6-7-8-9-16-10-11(17)12(13,14)15/h1-6H,17H2,(H,19,20);11,16-17H,2-10H2,1H3. The van der Waals surface area contributed by atoms with E-state index in [2.05, 4.69) is 22.0 Å². The first-order valence-corrected chi connectivity index (χ1v) is 13.0. The normalized spacial score (nSPS) is 12.4. The largest absolute Gasteiger partial charge is 0.573 e. The number of carbonyl (C=O) groups is 1. The molecular formula is C25H33F6N3O4S. The lowest BCUT2D eigenvalue weighted by Crippen LogP contribution is -2.38. The van der Waals surface area contributed by atoms with Gasteiger partial charge >= 0.3 is 18.5 Å². The number of rotatable bonds is 14. The van der Waals surface area contributed by atoms with Crippen molar-refractivity contribution in [1.29, 1.82) is 0 Å². The van der Waals surface area contributed by atoms with Crippen molar-refractivity contribution < 1.29 is 46.1 Å². The van der Waals surface area contributed by atoms with Crippen LogP contribution in [0.25, 0.3) is 0 Å². The van der Waals surface area contributed by atoms with E-state index >= 15 is 0 Å². The highest BCUT2D eigenvalue weighted by Crippen LogP contribution is 2.32. The Kier molecular flexibility index (Phi) is 15.0. The summed E-state index contributed by atoms with van der Waals surface area (Å²) in [5, 5.41) is 20.1. The highest BCUT2D eigenvalue weighted by atomic mass is 32.2. The number of ether oxygens (including phenoxy) is 1. The van der Waals surface area contributed by atoms with Crippen LogP contribution in [0.2, 0.25) is 0 Å². The van der Waals surface area contributed by atoms with Gasteiger partial charge in [-0.25, -0.2) is 9.78 Å². The molecule has 220 valence electrons. The van der Waals surface area contributed by atoms with E-state index in [4.69, 9.17) is 15.9 Å². The molecule has 1 aromatic heterocycles. The first kappa shape index (κ1) is 34.3. The summed E-state index contributed by atoms with van der Waals surface area (Å²) < 4.78 is 76.0. The van der Waals surface area contributed by atoms with Crippen LogP contribution in [0.3, 0.4) is 0 Å². The Morgan fingerprint density at radius 3 is 2.26 bits per heavy atom. The van der Waals surface area contributed by atoms with Crippen LogP contribution in [0.5, 0.6) is 5.75 Å². The number of benzene rings is 1. The van der Waals surface area contributed by atoms with Crippen molar-refractivity contribution in [3.05, 3.63) is 42.2 Å². The van der Waals surface area contributed by atoms with Crippen molar-refractivity contribution >= 4 is 23.4 Å². The molecule has 0 aliphatic carbocycles. The van der Waals surface area contributed by atoms with Gasteiger partial charge in [-0.3, -0.25) is 0 Å². The zero-order valence-corrected chi connectivity index (χ0v) is 22.1. The smallest absolute Gasteiger partial charge is 0.476 e. The molecule has 2 rings (SSSR count). The minimum absolute atomic E-state index is 0.0276. The van der Waals surface area contributed by atoms with Crippen molar-refractivity contribution in [2.75, 3.05) is 18.8 Å². The fourth-order valence-electron chi connectivity index (χ4n) is 3.13. The van der Waals surface area contributed by atoms with Crippen molar-refractivity contribution in [2.24, 2.45) is 0 Å². The average Bonchev–Trinajstić information content (AvgIpc) is 2.81. The Balaban J connectivity index is 0.000000406. The highest BCUT2D eigenvalue weighted by molar-refractivity contribution is 7.99. The summed E-state index contributed by atoms with van der Waals surface area (Å²) in [7, 11) is 0. The summed E-state index contributed by atoms with van der Waals surface area (Å²) in [6, 6.07) is 6.76. The SMILES string of the molecule is CCCCCCCCCNCC(O)C(F)(F)F.Nc1cc(Sc2cccc(OC(F)(F)F)c2)cnc1C(=O)O. The molecule has 0 aliphatic rings. The van der Waals surface area contributed by atoms with Crippen molar-refractivity contribution in [3.63, 3.8) is 0 Å². The number of aliphatic hydroxyl groups excluding tert-OH is 1. The third kappa shape index (κ3) is 15.5. The minimum atomic E-state index is -4.77. The molecule has 2 aromatic rings. The van der Waals surface area contributed by atoms with Crippen LogP contribution in [0, 0.1) is 0 Å². The maximum Gasteiger partial charge on any atom is 0.573 e. The predicted molar refractivity (Wildman–Crippen MR) is 136 cm³/mol. The molecule has 1 atom stereocenters. The van der Waals surface area contributed by atoms with Gasteiger partial charge in [0, 0.05) is 22.5 Å². The van der Waals surface area contributed by atoms with Crippen LogP contribution in [0.1, 0.15) is 62.4 Å². The molecule has 5 N–H and O–H groups in total. The quantitative estimate of drug-likeness (QED) is 0.144. The molecule has 39 heavy (non-hydrogen) atoms. The molecule has 0 aliphatic heterocycles. The van der Waals surface area contributed by atoms with Gasteiger partial charge in [0.15, 0.2) is 11.8 Å². The van der Waals surface area contributed by atoms with E-state index in [1.807, 2.05) is 0 Å². The van der Waals surface area contributed by atoms with Gasteiger partial charge in [0.05, 0.1) is 5.69 Å². The number of nitrogens with two attached hydrogens (primary N) is 1. The maximum atomic E-state index is 12.2. The number of unbranched alkanes of at least 4 members (excludes halogenated alkanes) is 6. The Morgan fingerprint density at radius 2 is 1.69 bits per heavy atom. The maximum absolute atomic E-state index is 12.2. The van der Waals surface area contributed by atoms with Gasteiger partial charge in [-0.05, 0) is 37.2 Å². The molecule has 0 saturated heterocycles. The fourth-order valence-corrected chi connectivity index (χ4v) is 4.01. The predicted octanol–water partition coefficient (Wildman–Crippen LogP) is 6.66. The number of nitrogens with zero attached hydrogens (tertiary/aromatic N) is 1. The van der Waals surface area contributed by atoms with Crippen molar-refractivity contribution in [1.82, 2.24) is 10.3 Å². The van der Waals surface area contributed by atoms with Gasteiger partial charge < -0.3 is 26.0 Å². The first-order chi connectivity index (χ1) is 18.2. The van der Waals surface area contributed by atoms with E-state index in [1.54, 1.807) is 6.07 Å². The summed E-state index contributed by atoms with van der Waals surface area (Å²) in [5.41, 5.74) is 5.25. The van der Waals surface area contributed by atoms with Crippen LogP contribution >= 0.6 is 11.8 Å². The zero-order valence-electron chi connectivity index (χ0n) is 21.3. The second-order valence-electron chi connectivity index (χ2n) is 8.42. The van der Waals surface area contributed by atoms with Gasteiger partial charge in [0.25, 0.3) is 0 Å². The van der Waals surface area contributed by atoms with Crippen LogP contribution in [0.4, 0.5) is 32.0 Å². The van der Waals surface area contributed by atoms with Crippen LogP contribution in [0.15, 0.2) is 46.3 Å². The highest BCUT2D eigenvalue weighted by Gasteiger charge is 2.37. The van der Waals surface area contributed by atoms with Gasteiger partial charge in [0.1, 0.15) is 5.75 Å². The molecule has 0 amide bonds. The molecular weight excluding hydrogens is 552 g/mol. The Morgan fingerprint density at radius 1 is 1.05 bits per heavy atom. The summed E-state index contributed by atoms with van der Waals surface area (Å²) in [5.74, 6) is -1.60. The number of aliphatic hydroxyl groups is 1. The number of halogens is 6. The van der Waals surface area contributed by atoms with E-state index in [1.165, 1.54) is 56.1 Å². The van der Waals surface area contributed by atoms with E-state index in [0.29, 0.717) is 16.3 Å². The molecule has 0 bridgehead atoms. The van der Waals surface area contributed by atoms with E-state index in [-0.39, 0.29) is 17.1 Å². The number of hydrogen-bond acceptors (Lipinski definition) is 7. The number of pyridine rings is 1. The number of hydrogen-bond donors (Lipinski definition) is 4. The monoisotopic (exact) mass is 585 g/mol. The van der Waals surface area contributed by atoms with Gasteiger partial charge in [0.2, 0.25) is 0 Å². The van der Waals surface area contributed by atoms with Crippen LogP contribution < -0.4 is 15.8 Å². The van der Waals surface area contributed by atoms with Gasteiger partial charge in [-0.1, -0.05) is 63.3 Å². The molecule has 7 nitrogen and oxygen atoms in total. The Hall–Kier alpha value is -2.71. The third-order valence-electron chi connectivity index (χ3n) is 5.04. The molecule has 0 fully saturated rings. The Bertz CT molecular complexity index is 1010. The first-order valence-electron chi connectivity index (χ1n) is 12.2. The van der Waals surface area contributed by atoms with Crippen LogP contribution in [-0.4, -0.2) is 52.9 Å². The second kappa shape index (κ2) is 17.1. The van der Waals surface area contributed by atoms with Crippen molar-refractivity contribution in [2.45, 2.75) is 80.3 Å². The number of carboxylic acids is 1. The van der Waals surface area contributed by atoms with Crippen molar-refractivity contribution in [3.8, 4) is 5.75 Å². The summed E-state index contributed by atoms with van der Waals surface area (Å²) in [6.45, 7) is 2.30. The molecule has 1 unspecified atom stereocenters. The fraction of sp³-hybridized carbons (Fsp3) is 0.520. The number of alkyl halides is 6. The lowest BCUT2D eigenvalue weighted by molar-refractivity contribution is -0.274. The molecule has 0 radical (unpaired) electrons. The summed E-state index contributed by atoms with van der Waals surface area (Å²) >= 11 is 1.08. The van der Waals surface area contributed by atoms with E-state index < -0.39 is 31.2 Å². The lowest BCUT2D eigenvalue weighted by Gasteiger charge is -2.14. The van der Waals surface area contributed by atoms with E-state index in [9.17, 15) is 31.1 Å². The minimum Gasteiger partial charge on any atom is -0.476 e. The van der Waals surface area contributed by atoms with Gasteiger partial charge in [-0.15, -0.1) is 13.2 Å². The number of nitrogens with one attached hydrogen (secondary N) is 1.